The molecule has 0 fully saturated rings. The highest BCUT2D eigenvalue weighted by atomic mass is 32.1. The van der Waals surface area contributed by atoms with E-state index in [9.17, 15) is 4.79 Å². The minimum absolute atomic E-state index is 0.0542. The third kappa shape index (κ3) is 4.28. The summed E-state index contributed by atoms with van der Waals surface area (Å²) in [5.74, 6) is 1.18. The van der Waals surface area contributed by atoms with Crippen molar-refractivity contribution in [2.45, 2.75) is 20.3 Å². The highest BCUT2D eigenvalue weighted by Crippen LogP contribution is 2.32. The van der Waals surface area contributed by atoms with Crippen LogP contribution < -0.4 is 14.8 Å². The van der Waals surface area contributed by atoms with Gasteiger partial charge in [0.05, 0.1) is 11.3 Å². The van der Waals surface area contributed by atoms with Gasteiger partial charge < -0.3 is 9.47 Å². The number of rotatable bonds is 7. The Morgan fingerprint density at radius 3 is 2.80 bits per heavy atom. The van der Waals surface area contributed by atoms with E-state index in [2.05, 4.69) is 17.2 Å². The first kappa shape index (κ1) is 17.2. The predicted molar refractivity (Wildman–Crippen MR) is 101 cm³/mol. The molecular weight excluding hydrogens is 336 g/mol. The van der Waals surface area contributed by atoms with Gasteiger partial charge in [0.15, 0.2) is 11.7 Å². The molecule has 1 heterocycles. The first-order chi connectivity index (χ1) is 12.2. The predicted octanol–water partition coefficient (Wildman–Crippen LogP) is 4.27. The molecule has 3 rings (SSSR count). The summed E-state index contributed by atoms with van der Waals surface area (Å²) in [6.07, 6.45) is 0.928. The molecule has 0 aliphatic rings. The first-order valence-corrected chi connectivity index (χ1v) is 9.05. The van der Waals surface area contributed by atoms with Crippen LogP contribution in [0.2, 0.25) is 0 Å². The zero-order valence-corrected chi connectivity index (χ0v) is 15.1. The van der Waals surface area contributed by atoms with E-state index in [4.69, 9.17) is 9.47 Å². The van der Waals surface area contributed by atoms with Crippen molar-refractivity contribution in [2.24, 2.45) is 0 Å². The van der Waals surface area contributed by atoms with Gasteiger partial charge in [-0.1, -0.05) is 36.5 Å². The Morgan fingerprint density at radius 1 is 1.16 bits per heavy atom. The van der Waals surface area contributed by atoms with Crippen LogP contribution in [0, 0.1) is 0 Å². The minimum Gasteiger partial charge on any atom is -0.492 e. The summed E-state index contributed by atoms with van der Waals surface area (Å²) in [6.45, 7) is 4.53. The lowest BCUT2D eigenvalue weighted by molar-refractivity contribution is -0.118. The molecule has 0 spiro atoms. The lowest BCUT2D eigenvalue weighted by atomic mass is 10.2. The Hall–Kier alpha value is -2.60. The number of ether oxygens (including phenoxy) is 2. The normalized spacial score (nSPS) is 10.6. The maximum atomic E-state index is 12.1. The van der Waals surface area contributed by atoms with Gasteiger partial charge in [-0.3, -0.25) is 10.1 Å². The van der Waals surface area contributed by atoms with Crippen LogP contribution in [-0.4, -0.2) is 24.1 Å². The highest BCUT2D eigenvalue weighted by Gasteiger charge is 2.11. The number of nitrogens with zero attached hydrogens (tertiary/aromatic N) is 1. The molecule has 0 saturated heterocycles. The molecule has 0 unspecified atom stereocenters. The molecule has 6 heteroatoms. The van der Waals surface area contributed by atoms with E-state index < -0.39 is 0 Å². The van der Waals surface area contributed by atoms with Gasteiger partial charge in [-0.2, -0.15) is 0 Å². The summed E-state index contributed by atoms with van der Waals surface area (Å²) in [5.41, 5.74) is 1.94. The maximum Gasteiger partial charge on any atom is 0.264 e. The molecule has 25 heavy (non-hydrogen) atoms. The van der Waals surface area contributed by atoms with Crippen LogP contribution >= 0.6 is 11.3 Å². The second-order valence-electron chi connectivity index (χ2n) is 5.39. The van der Waals surface area contributed by atoms with E-state index >= 15 is 0 Å². The standard InChI is InChI=1S/C19H20N2O3S/c1-3-13-7-5-8-14(11-13)24-12-17(22)20-19-21-18-15(23-4-2)9-6-10-16(18)25-19/h5-11H,3-4,12H2,1-2H3,(H,20,21,22). The molecule has 0 radical (unpaired) electrons. The molecule has 130 valence electrons. The molecule has 0 atom stereocenters. The Kier molecular flexibility index (Phi) is 5.50. The number of aromatic nitrogens is 1. The lowest BCUT2D eigenvalue weighted by Gasteiger charge is -2.07. The molecule has 1 amide bonds. The van der Waals surface area contributed by atoms with E-state index in [-0.39, 0.29) is 12.5 Å². The fourth-order valence-electron chi connectivity index (χ4n) is 2.41. The molecular formula is C19H20N2O3S. The Morgan fingerprint density at radius 2 is 2.00 bits per heavy atom. The number of thiazole rings is 1. The fourth-order valence-corrected chi connectivity index (χ4v) is 3.31. The van der Waals surface area contributed by atoms with Crippen LogP contribution in [0.4, 0.5) is 5.13 Å². The van der Waals surface area contributed by atoms with Crippen molar-refractivity contribution >= 4 is 32.6 Å². The number of amides is 1. The smallest absolute Gasteiger partial charge is 0.264 e. The SMILES string of the molecule is CCOc1cccc2sc(NC(=O)COc3cccc(CC)c3)nc12. The van der Waals surface area contributed by atoms with Crippen molar-refractivity contribution in [2.75, 3.05) is 18.5 Å². The van der Waals surface area contributed by atoms with Crippen molar-refractivity contribution in [3.63, 3.8) is 0 Å². The van der Waals surface area contributed by atoms with E-state index in [1.54, 1.807) is 0 Å². The number of carbonyl (C=O) groups is 1. The van der Waals surface area contributed by atoms with Crippen molar-refractivity contribution in [1.29, 1.82) is 0 Å². The van der Waals surface area contributed by atoms with Gasteiger partial charge in [0.25, 0.3) is 5.91 Å². The largest absolute Gasteiger partial charge is 0.492 e. The van der Waals surface area contributed by atoms with Crippen LogP contribution in [0.1, 0.15) is 19.4 Å². The number of carbonyl (C=O) groups excluding carboxylic acids is 1. The zero-order chi connectivity index (χ0) is 17.6. The number of para-hydroxylation sites is 1. The number of anilines is 1. The van der Waals surface area contributed by atoms with Gasteiger partial charge in [-0.25, -0.2) is 4.98 Å². The summed E-state index contributed by atoms with van der Waals surface area (Å²) < 4.78 is 12.1. The Bertz CT molecular complexity index is 876. The number of benzene rings is 2. The average Bonchev–Trinajstić information content (AvgIpc) is 3.04. The van der Waals surface area contributed by atoms with Crippen LogP contribution in [-0.2, 0) is 11.2 Å². The second-order valence-corrected chi connectivity index (χ2v) is 6.42. The average molecular weight is 356 g/mol. The van der Waals surface area contributed by atoms with E-state index in [0.717, 1.165) is 22.4 Å². The van der Waals surface area contributed by atoms with Crippen molar-refractivity contribution in [3.05, 3.63) is 48.0 Å². The number of hydrogen-bond acceptors (Lipinski definition) is 5. The molecule has 1 N–H and O–H groups in total. The van der Waals surface area contributed by atoms with Gasteiger partial charge in [0.2, 0.25) is 0 Å². The fraction of sp³-hybridized carbons (Fsp3) is 0.263. The van der Waals surface area contributed by atoms with Crippen LogP contribution in [0.5, 0.6) is 11.5 Å². The number of aryl methyl sites for hydroxylation is 1. The number of hydrogen-bond donors (Lipinski definition) is 1. The topological polar surface area (TPSA) is 60.5 Å². The van der Waals surface area contributed by atoms with Crippen molar-refractivity contribution in [1.82, 2.24) is 4.98 Å². The van der Waals surface area contributed by atoms with Crippen molar-refractivity contribution < 1.29 is 14.3 Å². The van der Waals surface area contributed by atoms with Crippen LogP contribution in [0.15, 0.2) is 42.5 Å². The van der Waals surface area contributed by atoms with Gasteiger partial charge in [0, 0.05) is 0 Å². The zero-order valence-electron chi connectivity index (χ0n) is 14.2. The number of fused-ring (bicyclic) bond motifs is 1. The highest BCUT2D eigenvalue weighted by molar-refractivity contribution is 7.22. The Labute approximate surface area is 150 Å². The van der Waals surface area contributed by atoms with E-state index in [1.807, 2.05) is 49.4 Å². The summed E-state index contributed by atoms with van der Waals surface area (Å²) in [7, 11) is 0. The summed E-state index contributed by atoms with van der Waals surface area (Å²) in [4.78, 5) is 16.6. The third-order valence-corrected chi connectivity index (χ3v) is 4.54. The quantitative estimate of drug-likeness (QED) is 0.686. The Balaban J connectivity index is 1.64. The number of nitrogens with one attached hydrogen (secondary N) is 1. The molecule has 0 saturated carbocycles. The van der Waals surface area contributed by atoms with E-state index in [0.29, 0.717) is 17.5 Å². The van der Waals surface area contributed by atoms with Gasteiger partial charge in [-0.15, -0.1) is 0 Å². The maximum absolute atomic E-state index is 12.1. The van der Waals surface area contributed by atoms with Crippen LogP contribution in [0.3, 0.4) is 0 Å². The molecule has 3 aromatic rings. The molecule has 0 aliphatic carbocycles. The molecule has 1 aromatic heterocycles. The summed E-state index contributed by atoms with van der Waals surface area (Å²) >= 11 is 1.41. The third-order valence-electron chi connectivity index (χ3n) is 3.60. The van der Waals surface area contributed by atoms with Crippen molar-refractivity contribution in [3.8, 4) is 11.5 Å². The minimum atomic E-state index is -0.237. The van der Waals surface area contributed by atoms with Gasteiger partial charge in [-0.05, 0) is 43.2 Å². The molecule has 0 aliphatic heterocycles. The molecule has 2 aromatic carbocycles. The first-order valence-electron chi connectivity index (χ1n) is 8.23. The second kappa shape index (κ2) is 7.98. The van der Waals surface area contributed by atoms with Gasteiger partial charge >= 0.3 is 0 Å². The van der Waals surface area contributed by atoms with Gasteiger partial charge in [0.1, 0.15) is 17.0 Å². The molecule has 0 bridgehead atoms. The summed E-state index contributed by atoms with van der Waals surface area (Å²) in [6, 6.07) is 13.5. The monoisotopic (exact) mass is 356 g/mol. The lowest BCUT2D eigenvalue weighted by Crippen LogP contribution is -2.20. The molecule has 5 nitrogen and oxygen atoms in total. The van der Waals surface area contributed by atoms with Crippen LogP contribution in [0.25, 0.3) is 10.2 Å². The summed E-state index contributed by atoms with van der Waals surface area (Å²) in [5, 5.41) is 3.33. The van der Waals surface area contributed by atoms with E-state index in [1.165, 1.54) is 16.9 Å².